The van der Waals surface area contributed by atoms with Crippen molar-refractivity contribution in [1.82, 2.24) is 15.8 Å². The molecule has 1 aliphatic carbocycles. The van der Waals surface area contributed by atoms with Crippen LogP contribution in [0.5, 0.6) is 0 Å². The normalized spacial score (nSPS) is 13.5. The lowest BCUT2D eigenvalue weighted by molar-refractivity contribution is 0.0497. The summed E-state index contributed by atoms with van der Waals surface area (Å²) in [7, 11) is 0. The van der Waals surface area contributed by atoms with E-state index >= 15 is 0 Å². The molecule has 0 heterocycles. The summed E-state index contributed by atoms with van der Waals surface area (Å²) in [5.74, 6) is -1.37. The van der Waals surface area contributed by atoms with Crippen LogP contribution in [0.25, 0.3) is 11.1 Å². The minimum Gasteiger partial charge on any atom is -0.464 e. The van der Waals surface area contributed by atoms with Crippen LogP contribution in [0.4, 0.5) is 9.18 Å². The fourth-order valence-electron chi connectivity index (χ4n) is 3.08. The zero-order chi connectivity index (χ0) is 22.9. The molecule has 3 amide bonds. The Kier molecular flexibility index (Phi) is 6.01. The van der Waals surface area contributed by atoms with E-state index in [2.05, 4.69) is 10.7 Å². The van der Waals surface area contributed by atoms with E-state index in [4.69, 9.17) is 0 Å². The largest absolute Gasteiger partial charge is 0.464 e. The summed E-state index contributed by atoms with van der Waals surface area (Å²) >= 11 is 0. The molecule has 0 unspecified atom stereocenters. The van der Waals surface area contributed by atoms with E-state index < -0.39 is 23.4 Å². The molecule has 0 aliphatic heterocycles. The van der Waals surface area contributed by atoms with Crippen LogP contribution in [0.3, 0.4) is 0 Å². The Bertz CT molecular complexity index is 1020. The molecular formula is C23H26FN3O4. The van der Waals surface area contributed by atoms with Crippen LogP contribution in [-0.4, -0.2) is 39.6 Å². The molecule has 0 atom stereocenters. The molecular weight excluding hydrogens is 401 g/mol. The summed E-state index contributed by atoms with van der Waals surface area (Å²) in [6.45, 7) is 6.61. The van der Waals surface area contributed by atoms with Crippen LogP contribution in [0.2, 0.25) is 0 Å². The topological polar surface area (TPSA) is 98.7 Å². The van der Waals surface area contributed by atoms with Crippen molar-refractivity contribution in [1.29, 1.82) is 0 Å². The van der Waals surface area contributed by atoms with Crippen molar-refractivity contribution < 1.29 is 23.9 Å². The van der Waals surface area contributed by atoms with Crippen LogP contribution in [0.15, 0.2) is 36.4 Å². The lowest BCUT2D eigenvalue weighted by atomic mass is 9.96. The van der Waals surface area contributed by atoms with Gasteiger partial charge in [-0.2, -0.15) is 0 Å². The summed E-state index contributed by atoms with van der Waals surface area (Å²) in [5, 5.41) is 13.0. The molecule has 2 aromatic rings. The standard InChI is InChI=1S/C23H26FN3O4/c1-13-18(11-16(12-19(13)24)20(28)25-17-9-10-17)14-5-7-15(8-6-14)21(29)26-27(22(30)31)23(2,3)4/h5-8,11-12,17H,9-10H2,1-4H3,(H,25,28)(H,26,29)(H,30,31). The van der Waals surface area contributed by atoms with Gasteiger partial charge < -0.3 is 10.4 Å². The van der Waals surface area contributed by atoms with Gasteiger partial charge in [-0.1, -0.05) is 12.1 Å². The molecule has 0 radical (unpaired) electrons. The highest BCUT2D eigenvalue weighted by Crippen LogP contribution is 2.28. The maximum Gasteiger partial charge on any atom is 0.426 e. The van der Waals surface area contributed by atoms with Gasteiger partial charge in [-0.05, 0) is 81.5 Å². The first-order valence-corrected chi connectivity index (χ1v) is 10.0. The molecule has 7 nitrogen and oxygen atoms in total. The Hall–Kier alpha value is -3.42. The number of halogens is 1. The third-order valence-electron chi connectivity index (χ3n) is 5.05. The highest BCUT2D eigenvalue weighted by atomic mass is 19.1. The zero-order valence-electron chi connectivity index (χ0n) is 18.0. The Morgan fingerprint density at radius 1 is 1.03 bits per heavy atom. The van der Waals surface area contributed by atoms with Crippen molar-refractivity contribution in [3.63, 3.8) is 0 Å². The van der Waals surface area contributed by atoms with E-state index in [9.17, 15) is 23.9 Å². The summed E-state index contributed by atoms with van der Waals surface area (Å²) in [6.07, 6.45) is 0.598. The second kappa shape index (κ2) is 8.37. The van der Waals surface area contributed by atoms with Gasteiger partial charge in [0.2, 0.25) is 0 Å². The average molecular weight is 427 g/mol. The maximum absolute atomic E-state index is 14.5. The van der Waals surface area contributed by atoms with E-state index in [1.54, 1.807) is 45.9 Å². The van der Waals surface area contributed by atoms with Gasteiger partial charge in [0.15, 0.2) is 0 Å². The van der Waals surface area contributed by atoms with E-state index in [-0.39, 0.29) is 23.1 Å². The molecule has 31 heavy (non-hydrogen) atoms. The number of amides is 3. The van der Waals surface area contributed by atoms with Crippen molar-refractivity contribution in [3.8, 4) is 11.1 Å². The molecule has 0 bridgehead atoms. The maximum atomic E-state index is 14.5. The number of carbonyl (C=O) groups excluding carboxylic acids is 2. The number of hydrogen-bond donors (Lipinski definition) is 3. The van der Waals surface area contributed by atoms with Crippen molar-refractivity contribution >= 4 is 17.9 Å². The molecule has 2 aromatic carbocycles. The molecule has 8 heteroatoms. The molecule has 0 aromatic heterocycles. The fraction of sp³-hybridized carbons (Fsp3) is 0.348. The van der Waals surface area contributed by atoms with Gasteiger partial charge >= 0.3 is 6.09 Å². The minimum atomic E-state index is -1.27. The first kappa shape index (κ1) is 22.3. The number of nitrogens with zero attached hydrogens (tertiary/aromatic N) is 1. The Morgan fingerprint density at radius 3 is 2.16 bits per heavy atom. The Morgan fingerprint density at radius 2 is 1.65 bits per heavy atom. The van der Waals surface area contributed by atoms with Crippen molar-refractivity contribution in [3.05, 3.63) is 58.9 Å². The lowest BCUT2D eigenvalue weighted by Gasteiger charge is -2.32. The number of nitrogens with one attached hydrogen (secondary N) is 2. The average Bonchev–Trinajstić information content (AvgIpc) is 3.50. The van der Waals surface area contributed by atoms with Gasteiger partial charge in [-0.3, -0.25) is 15.0 Å². The highest BCUT2D eigenvalue weighted by molar-refractivity contribution is 5.97. The first-order valence-electron chi connectivity index (χ1n) is 10.0. The lowest BCUT2D eigenvalue weighted by Crippen LogP contribution is -2.55. The molecule has 1 fully saturated rings. The van der Waals surface area contributed by atoms with Crippen LogP contribution >= 0.6 is 0 Å². The summed E-state index contributed by atoms with van der Waals surface area (Å²) < 4.78 is 14.5. The second-order valence-electron chi connectivity index (χ2n) is 8.69. The molecule has 1 saturated carbocycles. The SMILES string of the molecule is Cc1c(F)cc(C(=O)NC2CC2)cc1-c1ccc(C(=O)NN(C(=O)O)C(C)(C)C)cc1. The number of carboxylic acid groups (broad SMARTS) is 1. The second-order valence-corrected chi connectivity index (χ2v) is 8.69. The van der Waals surface area contributed by atoms with Crippen LogP contribution < -0.4 is 10.7 Å². The summed E-state index contributed by atoms with van der Waals surface area (Å²) in [6, 6.07) is 9.37. The van der Waals surface area contributed by atoms with Gasteiger partial charge in [0.05, 0.1) is 5.54 Å². The number of carbonyl (C=O) groups is 3. The van der Waals surface area contributed by atoms with E-state index in [1.165, 1.54) is 18.2 Å². The van der Waals surface area contributed by atoms with Gasteiger partial charge in [0.1, 0.15) is 5.82 Å². The quantitative estimate of drug-likeness (QED) is 0.640. The van der Waals surface area contributed by atoms with Gasteiger partial charge in [-0.15, -0.1) is 0 Å². The van der Waals surface area contributed by atoms with Crippen LogP contribution in [-0.2, 0) is 0 Å². The third kappa shape index (κ3) is 5.20. The van der Waals surface area contributed by atoms with Gasteiger partial charge in [0.25, 0.3) is 11.8 Å². The van der Waals surface area contributed by atoms with Crippen LogP contribution in [0, 0.1) is 12.7 Å². The van der Waals surface area contributed by atoms with Gasteiger partial charge in [0, 0.05) is 17.2 Å². The number of hydrazine groups is 1. The smallest absolute Gasteiger partial charge is 0.426 e. The van der Waals surface area contributed by atoms with E-state index in [0.29, 0.717) is 16.7 Å². The van der Waals surface area contributed by atoms with E-state index in [1.807, 2.05) is 0 Å². The third-order valence-corrected chi connectivity index (χ3v) is 5.05. The molecule has 1 aliphatic rings. The van der Waals surface area contributed by atoms with Crippen molar-refractivity contribution in [2.45, 2.75) is 52.1 Å². The molecule has 3 rings (SSSR count). The van der Waals surface area contributed by atoms with Gasteiger partial charge in [-0.25, -0.2) is 14.2 Å². The summed E-state index contributed by atoms with van der Waals surface area (Å²) in [5.41, 5.74) is 3.64. The minimum absolute atomic E-state index is 0.163. The molecule has 0 saturated heterocycles. The predicted molar refractivity (Wildman–Crippen MR) is 114 cm³/mol. The first-order chi connectivity index (χ1) is 14.5. The van der Waals surface area contributed by atoms with E-state index in [0.717, 1.165) is 17.9 Å². The van der Waals surface area contributed by atoms with Crippen molar-refractivity contribution in [2.75, 3.05) is 0 Å². The monoisotopic (exact) mass is 427 g/mol. The number of rotatable bonds is 4. The predicted octanol–water partition coefficient (Wildman–Crippen LogP) is 4.12. The summed E-state index contributed by atoms with van der Waals surface area (Å²) in [4.78, 5) is 36.3. The molecule has 0 spiro atoms. The number of benzene rings is 2. The zero-order valence-corrected chi connectivity index (χ0v) is 18.0. The Balaban J connectivity index is 1.84. The van der Waals surface area contributed by atoms with Crippen molar-refractivity contribution in [2.24, 2.45) is 0 Å². The Labute approximate surface area is 180 Å². The van der Waals surface area contributed by atoms with Crippen LogP contribution in [0.1, 0.15) is 59.9 Å². The fourth-order valence-corrected chi connectivity index (χ4v) is 3.08. The highest BCUT2D eigenvalue weighted by Gasteiger charge is 2.28. The molecule has 3 N–H and O–H groups in total. The number of hydrogen-bond acceptors (Lipinski definition) is 3. The molecule has 164 valence electrons.